The summed E-state index contributed by atoms with van der Waals surface area (Å²) < 4.78 is 53.4. The number of alkyl halides is 4. The minimum absolute atomic E-state index is 0.0431. The molecule has 0 saturated carbocycles. The molecule has 3 heterocycles. The molecule has 10 heteroatoms. The number of carbonyl (C=O) groups excluding carboxylic acids is 1. The summed E-state index contributed by atoms with van der Waals surface area (Å²) in [6.45, 7) is 1.15. The average Bonchev–Trinajstić information content (AvgIpc) is 3.33. The van der Waals surface area contributed by atoms with Gasteiger partial charge >= 0.3 is 6.18 Å². The van der Waals surface area contributed by atoms with Crippen molar-refractivity contribution in [1.82, 2.24) is 14.8 Å². The third kappa shape index (κ3) is 4.42. The maximum atomic E-state index is 13.6. The molecule has 31 heavy (non-hydrogen) atoms. The van der Waals surface area contributed by atoms with Gasteiger partial charge in [0.05, 0.1) is 30.2 Å². The molecular weight excluding hydrogens is 414 g/mol. The molecular formula is C21H21F4N5O. The summed E-state index contributed by atoms with van der Waals surface area (Å²) in [5.74, 6) is -0.281. The van der Waals surface area contributed by atoms with E-state index in [1.165, 1.54) is 17.2 Å². The third-order valence-electron chi connectivity index (χ3n) is 5.79. The molecule has 2 aliphatic heterocycles. The molecule has 0 spiro atoms. The summed E-state index contributed by atoms with van der Waals surface area (Å²) in [5.41, 5.74) is -0.336. The van der Waals surface area contributed by atoms with E-state index in [1.807, 2.05) is 11.0 Å². The van der Waals surface area contributed by atoms with E-state index in [0.717, 1.165) is 6.07 Å². The molecule has 1 N–H and O–H groups in total. The van der Waals surface area contributed by atoms with Crippen LogP contribution in [0.4, 0.5) is 23.2 Å². The first-order chi connectivity index (χ1) is 14.8. The number of likely N-dealkylation sites (tertiary alicyclic amines) is 2. The van der Waals surface area contributed by atoms with Crippen LogP contribution in [-0.4, -0.2) is 65.1 Å². The molecule has 6 nitrogen and oxygen atoms in total. The molecule has 1 amide bonds. The first kappa shape index (κ1) is 21.3. The molecule has 2 aromatic rings. The number of amides is 1. The van der Waals surface area contributed by atoms with Crippen LogP contribution in [0.25, 0.3) is 10.9 Å². The van der Waals surface area contributed by atoms with E-state index in [0.29, 0.717) is 30.6 Å². The monoisotopic (exact) mass is 435 g/mol. The van der Waals surface area contributed by atoms with Crippen molar-refractivity contribution >= 4 is 22.5 Å². The van der Waals surface area contributed by atoms with Crippen LogP contribution < -0.4 is 5.32 Å². The maximum absolute atomic E-state index is 13.6. The molecule has 0 bridgehead atoms. The molecule has 1 unspecified atom stereocenters. The fourth-order valence-corrected chi connectivity index (χ4v) is 4.31. The largest absolute Gasteiger partial charge is 0.418 e. The number of pyridine rings is 1. The second-order valence-electron chi connectivity index (χ2n) is 7.95. The van der Waals surface area contributed by atoms with E-state index in [9.17, 15) is 22.4 Å². The van der Waals surface area contributed by atoms with Crippen LogP contribution in [0.5, 0.6) is 0 Å². The lowest BCUT2D eigenvalue weighted by molar-refractivity contribution is -0.136. The molecule has 0 radical (unpaired) electrons. The highest BCUT2D eigenvalue weighted by Crippen LogP contribution is 2.36. The van der Waals surface area contributed by atoms with E-state index >= 15 is 0 Å². The predicted octanol–water partition coefficient (Wildman–Crippen LogP) is 3.20. The molecule has 1 aromatic carbocycles. The van der Waals surface area contributed by atoms with Gasteiger partial charge in [0.1, 0.15) is 12.2 Å². The number of fused-ring (bicyclic) bond motifs is 1. The number of aromatic nitrogens is 1. The van der Waals surface area contributed by atoms with Crippen LogP contribution in [0.15, 0.2) is 30.5 Å². The Morgan fingerprint density at radius 1 is 1.29 bits per heavy atom. The number of anilines is 1. The SMILES string of the molecule is N#CC1C[C@H](F)CN1C(=O)CN1CC[C@@H](Nc2ccc(C(F)(F)F)c3ncccc23)C1. The molecule has 2 fully saturated rings. The van der Waals surface area contributed by atoms with Crippen LogP contribution in [-0.2, 0) is 11.0 Å². The Hall–Kier alpha value is -2.93. The Balaban J connectivity index is 1.43. The van der Waals surface area contributed by atoms with E-state index in [1.54, 1.807) is 12.1 Å². The van der Waals surface area contributed by atoms with Gasteiger partial charge in [0.25, 0.3) is 0 Å². The molecule has 4 rings (SSSR count). The highest BCUT2D eigenvalue weighted by Gasteiger charge is 2.37. The summed E-state index contributed by atoms with van der Waals surface area (Å²) >= 11 is 0. The molecule has 2 saturated heterocycles. The quantitative estimate of drug-likeness (QED) is 0.747. The van der Waals surface area contributed by atoms with Crippen LogP contribution in [0.2, 0.25) is 0 Å². The first-order valence-corrected chi connectivity index (χ1v) is 10.0. The Bertz CT molecular complexity index is 1020. The lowest BCUT2D eigenvalue weighted by atomic mass is 10.1. The number of nitriles is 1. The maximum Gasteiger partial charge on any atom is 0.418 e. The molecule has 0 aliphatic carbocycles. The number of nitrogens with zero attached hydrogens (tertiary/aromatic N) is 4. The minimum atomic E-state index is -4.49. The average molecular weight is 435 g/mol. The van der Waals surface area contributed by atoms with Crippen molar-refractivity contribution in [3.8, 4) is 6.07 Å². The van der Waals surface area contributed by atoms with Gasteiger partial charge in [-0.15, -0.1) is 0 Å². The number of rotatable bonds is 4. The van der Waals surface area contributed by atoms with Crippen LogP contribution >= 0.6 is 0 Å². The zero-order valence-corrected chi connectivity index (χ0v) is 16.6. The zero-order chi connectivity index (χ0) is 22.2. The van der Waals surface area contributed by atoms with Crippen molar-refractivity contribution in [3.63, 3.8) is 0 Å². The first-order valence-electron chi connectivity index (χ1n) is 10.0. The molecule has 164 valence electrons. The van der Waals surface area contributed by atoms with Gasteiger partial charge in [-0.05, 0) is 30.7 Å². The highest BCUT2D eigenvalue weighted by molar-refractivity contribution is 5.93. The molecule has 2 aliphatic rings. The number of benzene rings is 1. The fraction of sp³-hybridized carbons (Fsp3) is 0.476. The highest BCUT2D eigenvalue weighted by atomic mass is 19.4. The van der Waals surface area contributed by atoms with Crippen molar-refractivity contribution in [2.24, 2.45) is 0 Å². The van der Waals surface area contributed by atoms with Gasteiger partial charge in [0.2, 0.25) is 5.91 Å². The molecule has 1 aromatic heterocycles. The third-order valence-corrected chi connectivity index (χ3v) is 5.79. The van der Waals surface area contributed by atoms with Crippen LogP contribution in [0.3, 0.4) is 0 Å². The standard InChI is InChI=1S/C21H21F4N5O/c22-13-8-15(9-26)30(10-13)19(31)12-29-7-5-14(11-29)28-18-4-3-17(21(23,24)25)20-16(18)2-1-6-27-20/h1-4,6,13-15,28H,5,7-8,10-12H2/t13-,14+,15?/m0/s1. The van der Waals surface area contributed by atoms with E-state index in [-0.39, 0.29) is 37.0 Å². The Morgan fingerprint density at radius 3 is 2.84 bits per heavy atom. The van der Waals surface area contributed by atoms with Crippen molar-refractivity contribution in [2.75, 3.05) is 31.5 Å². The predicted molar refractivity (Wildman–Crippen MR) is 106 cm³/mol. The summed E-state index contributed by atoms with van der Waals surface area (Å²) in [6, 6.07) is 6.80. The summed E-state index contributed by atoms with van der Waals surface area (Å²) in [6.07, 6.45) is -3.60. The number of hydrogen-bond donors (Lipinski definition) is 1. The molecule has 3 atom stereocenters. The van der Waals surface area contributed by atoms with Crippen LogP contribution in [0.1, 0.15) is 18.4 Å². The van der Waals surface area contributed by atoms with E-state index < -0.39 is 24.0 Å². The number of carbonyl (C=O) groups is 1. The summed E-state index contributed by atoms with van der Waals surface area (Å²) in [4.78, 5) is 19.6. The zero-order valence-electron chi connectivity index (χ0n) is 16.6. The van der Waals surface area contributed by atoms with Crippen molar-refractivity contribution < 1.29 is 22.4 Å². The van der Waals surface area contributed by atoms with Gasteiger partial charge in [-0.2, -0.15) is 18.4 Å². The normalized spacial score (nSPS) is 24.5. The number of hydrogen-bond acceptors (Lipinski definition) is 5. The van der Waals surface area contributed by atoms with Gasteiger partial charge in [-0.1, -0.05) is 0 Å². The van der Waals surface area contributed by atoms with Crippen LogP contribution in [0, 0.1) is 11.3 Å². The van der Waals surface area contributed by atoms with Gasteiger partial charge in [0, 0.05) is 42.8 Å². The van der Waals surface area contributed by atoms with Gasteiger partial charge in [-0.25, -0.2) is 4.39 Å². The number of halogens is 4. The fourth-order valence-electron chi connectivity index (χ4n) is 4.31. The Morgan fingerprint density at radius 2 is 2.10 bits per heavy atom. The lowest BCUT2D eigenvalue weighted by Gasteiger charge is -2.23. The topological polar surface area (TPSA) is 72.3 Å². The summed E-state index contributed by atoms with van der Waals surface area (Å²) in [5, 5.41) is 12.8. The lowest BCUT2D eigenvalue weighted by Crippen LogP contribution is -2.42. The second kappa shape index (κ2) is 8.30. The van der Waals surface area contributed by atoms with Crippen molar-refractivity contribution in [2.45, 2.75) is 37.3 Å². The van der Waals surface area contributed by atoms with Crippen molar-refractivity contribution in [1.29, 1.82) is 5.26 Å². The van der Waals surface area contributed by atoms with Crippen molar-refractivity contribution in [3.05, 3.63) is 36.0 Å². The van der Waals surface area contributed by atoms with Gasteiger partial charge < -0.3 is 10.2 Å². The van der Waals surface area contributed by atoms with E-state index in [2.05, 4.69) is 10.3 Å². The smallest absolute Gasteiger partial charge is 0.380 e. The number of nitrogens with one attached hydrogen (secondary N) is 1. The minimum Gasteiger partial charge on any atom is -0.380 e. The second-order valence-corrected chi connectivity index (χ2v) is 7.95. The van der Waals surface area contributed by atoms with E-state index in [4.69, 9.17) is 5.26 Å². The van der Waals surface area contributed by atoms with Gasteiger partial charge in [0.15, 0.2) is 0 Å². The Kier molecular flexibility index (Phi) is 5.71. The Labute approximate surface area is 176 Å². The summed E-state index contributed by atoms with van der Waals surface area (Å²) in [7, 11) is 0. The van der Waals surface area contributed by atoms with Gasteiger partial charge in [-0.3, -0.25) is 14.7 Å².